The number of thioether (sulfide) groups is 1. The van der Waals surface area contributed by atoms with Crippen LogP contribution >= 0.6 is 11.8 Å². The Morgan fingerprint density at radius 1 is 1.43 bits per heavy atom. The van der Waals surface area contributed by atoms with E-state index in [9.17, 15) is 18.0 Å². The summed E-state index contributed by atoms with van der Waals surface area (Å²) >= 11 is 0.625. The standard InChI is InChI=1S/C11H9F3N4O2S/c1-18-4-6(3-15-18)7-2-8(11(12,13)14)17-10(16-7)21-5-9(19)20/h2-4H,5H2,1H3,(H,19,20). The van der Waals surface area contributed by atoms with Gasteiger partial charge >= 0.3 is 12.1 Å². The molecule has 0 atom stereocenters. The molecule has 1 N–H and O–H groups in total. The number of carboxylic acids is 1. The minimum absolute atomic E-state index is 0.0401. The number of carbonyl (C=O) groups is 1. The minimum atomic E-state index is -4.64. The number of aromatic nitrogens is 4. The van der Waals surface area contributed by atoms with Gasteiger partial charge < -0.3 is 5.11 Å². The lowest BCUT2D eigenvalue weighted by atomic mass is 10.2. The van der Waals surface area contributed by atoms with E-state index in [4.69, 9.17) is 5.11 Å². The van der Waals surface area contributed by atoms with E-state index in [-0.39, 0.29) is 10.9 Å². The van der Waals surface area contributed by atoms with Crippen LogP contribution in [0.25, 0.3) is 11.3 Å². The van der Waals surface area contributed by atoms with Crippen molar-refractivity contribution in [1.29, 1.82) is 0 Å². The number of rotatable bonds is 4. The van der Waals surface area contributed by atoms with Crippen molar-refractivity contribution >= 4 is 17.7 Å². The third-order valence-corrected chi connectivity index (χ3v) is 3.15. The summed E-state index contributed by atoms with van der Waals surface area (Å²) < 4.78 is 39.9. The van der Waals surface area contributed by atoms with E-state index in [1.165, 1.54) is 17.1 Å². The van der Waals surface area contributed by atoms with Crippen molar-refractivity contribution in [2.24, 2.45) is 7.05 Å². The van der Waals surface area contributed by atoms with E-state index in [1.54, 1.807) is 7.05 Å². The second-order valence-electron chi connectivity index (χ2n) is 4.00. The van der Waals surface area contributed by atoms with Gasteiger partial charge in [-0.05, 0) is 6.07 Å². The molecular weight excluding hydrogens is 309 g/mol. The Hall–Kier alpha value is -2.10. The Morgan fingerprint density at radius 3 is 2.67 bits per heavy atom. The monoisotopic (exact) mass is 318 g/mol. The highest BCUT2D eigenvalue weighted by atomic mass is 32.2. The molecule has 2 heterocycles. The average molecular weight is 318 g/mol. The van der Waals surface area contributed by atoms with Crippen LogP contribution in [0.15, 0.2) is 23.6 Å². The van der Waals surface area contributed by atoms with Crippen LogP contribution in [0.1, 0.15) is 5.69 Å². The molecule has 0 aliphatic rings. The van der Waals surface area contributed by atoms with E-state index >= 15 is 0 Å². The fourth-order valence-electron chi connectivity index (χ4n) is 1.46. The van der Waals surface area contributed by atoms with E-state index in [2.05, 4.69) is 15.1 Å². The fourth-order valence-corrected chi connectivity index (χ4v) is 2.04. The second-order valence-corrected chi connectivity index (χ2v) is 4.95. The summed E-state index contributed by atoms with van der Waals surface area (Å²) in [5, 5.41) is 12.2. The van der Waals surface area contributed by atoms with E-state index in [0.29, 0.717) is 17.3 Å². The SMILES string of the molecule is Cn1cc(-c2cc(C(F)(F)F)nc(SCC(=O)O)n2)cn1. The van der Waals surface area contributed by atoms with Gasteiger partial charge in [0.2, 0.25) is 0 Å². The van der Waals surface area contributed by atoms with Crippen LogP contribution in [0.5, 0.6) is 0 Å². The first kappa shape index (κ1) is 15.3. The van der Waals surface area contributed by atoms with E-state index in [1.807, 2.05) is 0 Å². The largest absolute Gasteiger partial charge is 0.481 e. The number of aliphatic carboxylic acids is 1. The summed E-state index contributed by atoms with van der Waals surface area (Å²) in [7, 11) is 1.62. The van der Waals surface area contributed by atoms with Crippen molar-refractivity contribution in [3.05, 3.63) is 24.2 Å². The Kier molecular flexibility index (Phi) is 4.16. The highest BCUT2D eigenvalue weighted by Gasteiger charge is 2.34. The van der Waals surface area contributed by atoms with Gasteiger partial charge in [0.25, 0.3) is 0 Å². The summed E-state index contributed by atoms with van der Waals surface area (Å²) in [5.74, 6) is -1.59. The molecule has 0 saturated heterocycles. The molecule has 0 unspecified atom stereocenters. The van der Waals surface area contributed by atoms with Gasteiger partial charge in [-0.3, -0.25) is 9.48 Å². The van der Waals surface area contributed by atoms with Crippen molar-refractivity contribution < 1.29 is 23.1 Å². The van der Waals surface area contributed by atoms with Crippen LogP contribution in [0.4, 0.5) is 13.2 Å². The van der Waals surface area contributed by atoms with Crippen molar-refractivity contribution in [2.75, 3.05) is 5.75 Å². The molecule has 0 aromatic carbocycles. The Labute approximate surface area is 121 Å². The van der Waals surface area contributed by atoms with Crippen LogP contribution in [0, 0.1) is 0 Å². The van der Waals surface area contributed by atoms with Crippen LogP contribution in [0.3, 0.4) is 0 Å². The normalized spacial score (nSPS) is 11.6. The summed E-state index contributed by atoms with van der Waals surface area (Å²) in [4.78, 5) is 17.8. The van der Waals surface area contributed by atoms with Gasteiger partial charge in [-0.15, -0.1) is 0 Å². The Balaban J connectivity index is 2.44. The molecule has 0 radical (unpaired) electrons. The number of carboxylic acid groups (broad SMARTS) is 1. The lowest BCUT2D eigenvalue weighted by molar-refractivity contribution is -0.141. The Morgan fingerprint density at radius 2 is 2.14 bits per heavy atom. The second kappa shape index (κ2) is 5.72. The fraction of sp³-hybridized carbons (Fsp3) is 0.273. The smallest absolute Gasteiger partial charge is 0.433 e. The van der Waals surface area contributed by atoms with Crippen molar-refractivity contribution in [2.45, 2.75) is 11.3 Å². The maximum Gasteiger partial charge on any atom is 0.433 e. The topological polar surface area (TPSA) is 80.9 Å². The number of alkyl halides is 3. The molecule has 0 amide bonds. The molecule has 0 spiro atoms. The van der Waals surface area contributed by atoms with Gasteiger partial charge in [-0.25, -0.2) is 9.97 Å². The molecule has 0 saturated carbocycles. The van der Waals surface area contributed by atoms with Crippen molar-refractivity contribution in [1.82, 2.24) is 19.7 Å². The van der Waals surface area contributed by atoms with Gasteiger partial charge in [0.05, 0.1) is 17.6 Å². The van der Waals surface area contributed by atoms with E-state index in [0.717, 1.165) is 6.07 Å². The lowest BCUT2D eigenvalue weighted by Gasteiger charge is -2.09. The quantitative estimate of drug-likeness (QED) is 0.686. The molecule has 2 aromatic rings. The Bertz CT molecular complexity index is 672. The van der Waals surface area contributed by atoms with E-state index < -0.39 is 23.6 Å². The first-order valence-corrected chi connectivity index (χ1v) is 6.54. The molecule has 0 bridgehead atoms. The highest BCUT2D eigenvalue weighted by Crippen LogP contribution is 2.31. The predicted octanol–water partition coefficient (Wildman–Crippen LogP) is 2.07. The molecule has 2 aromatic heterocycles. The van der Waals surface area contributed by atoms with Crippen molar-refractivity contribution in [3.63, 3.8) is 0 Å². The number of nitrogens with zero attached hydrogens (tertiary/aromatic N) is 4. The molecule has 112 valence electrons. The van der Waals surface area contributed by atoms with Gasteiger partial charge in [-0.1, -0.05) is 11.8 Å². The molecule has 21 heavy (non-hydrogen) atoms. The van der Waals surface area contributed by atoms with Crippen LogP contribution < -0.4 is 0 Å². The predicted molar refractivity (Wildman–Crippen MR) is 67.6 cm³/mol. The molecular formula is C11H9F3N4O2S. The summed E-state index contributed by atoms with van der Waals surface area (Å²) in [5.41, 5.74) is -0.690. The highest BCUT2D eigenvalue weighted by molar-refractivity contribution is 7.99. The van der Waals surface area contributed by atoms with Gasteiger partial charge in [-0.2, -0.15) is 18.3 Å². The summed E-state index contributed by atoms with van der Waals surface area (Å²) in [6.07, 6.45) is -1.76. The first-order chi connectivity index (χ1) is 9.75. The van der Waals surface area contributed by atoms with Crippen LogP contribution in [-0.4, -0.2) is 36.6 Å². The zero-order valence-electron chi connectivity index (χ0n) is 10.6. The zero-order valence-corrected chi connectivity index (χ0v) is 11.4. The number of aryl methyl sites for hydroxylation is 1. The minimum Gasteiger partial charge on any atom is -0.481 e. The third kappa shape index (κ3) is 3.94. The number of halogens is 3. The van der Waals surface area contributed by atoms with Gasteiger partial charge in [0, 0.05) is 18.8 Å². The molecule has 10 heteroatoms. The molecule has 0 fully saturated rings. The molecule has 2 rings (SSSR count). The van der Waals surface area contributed by atoms with Crippen molar-refractivity contribution in [3.8, 4) is 11.3 Å². The average Bonchev–Trinajstić information content (AvgIpc) is 2.82. The molecule has 0 aliphatic carbocycles. The maximum atomic E-state index is 12.8. The number of hydrogen-bond donors (Lipinski definition) is 1. The third-order valence-electron chi connectivity index (χ3n) is 2.32. The maximum absolute atomic E-state index is 12.8. The van der Waals surface area contributed by atoms with Gasteiger partial charge in [0.15, 0.2) is 5.16 Å². The summed E-state index contributed by atoms with van der Waals surface area (Å²) in [6, 6.07) is 0.807. The lowest BCUT2D eigenvalue weighted by Crippen LogP contribution is -2.10. The first-order valence-electron chi connectivity index (χ1n) is 5.55. The molecule has 0 aliphatic heterocycles. The van der Waals surface area contributed by atoms with Crippen LogP contribution in [0.2, 0.25) is 0 Å². The zero-order chi connectivity index (χ0) is 15.6. The van der Waals surface area contributed by atoms with Crippen LogP contribution in [-0.2, 0) is 18.0 Å². The summed E-state index contributed by atoms with van der Waals surface area (Å²) in [6.45, 7) is 0. The van der Waals surface area contributed by atoms with Gasteiger partial charge in [0.1, 0.15) is 5.69 Å². The number of hydrogen-bond acceptors (Lipinski definition) is 5. The molecule has 6 nitrogen and oxygen atoms in total.